The van der Waals surface area contributed by atoms with Gasteiger partial charge in [0.25, 0.3) is 0 Å². The lowest BCUT2D eigenvalue weighted by Gasteiger charge is -2.42. The number of hydrogen-bond acceptors (Lipinski definition) is 9. The van der Waals surface area contributed by atoms with Gasteiger partial charge in [-0.2, -0.15) is 0 Å². The maximum absolute atomic E-state index is 14.1. The number of likely N-dealkylation sites (N-methyl/N-ethyl adjacent to an activating group) is 1. The zero-order chi connectivity index (χ0) is 37.0. The largest absolute Gasteiger partial charge is 0.397 e. The van der Waals surface area contributed by atoms with Crippen LogP contribution in [0.5, 0.6) is 0 Å². The molecule has 4 N–H and O–H groups in total. The summed E-state index contributed by atoms with van der Waals surface area (Å²) in [5.74, 6) is -0.994. The molecule has 1 atom stereocenters. The topological polar surface area (TPSA) is 152 Å². The summed E-state index contributed by atoms with van der Waals surface area (Å²) in [7, 11) is -1.78. The van der Waals surface area contributed by atoms with Gasteiger partial charge >= 0.3 is 6.03 Å². The van der Waals surface area contributed by atoms with Crippen LogP contribution in [-0.4, -0.2) is 147 Å². The molecule has 1 unspecified atom stereocenters. The van der Waals surface area contributed by atoms with Crippen LogP contribution in [0.15, 0.2) is 45.3 Å². The van der Waals surface area contributed by atoms with E-state index in [-0.39, 0.29) is 30.0 Å². The lowest BCUT2D eigenvalue weighted by Crippen LogP contribution is -2.55. The number of ketones is 1. The maximum atomic E-state index is 14.1. The predicted molar refractivity (Wildman–Crippen MR) is 210 cm³/mol. The Morgan fingerprint density at radius 3 is 2.23 bits per heavy atom. The first-order valence-corrected chi connectivity index (χ1v) is 21.5. The number of carbonyl (C=O) groups is 3. The highest BCUT2D eigenvalue weighted by Gasteiger charge is 2.36. The van der Waals surface area contributed by atoms with Crippen LogP contribution in [-0.2, 0) is 21.2 Å². The van der Waals surface area contributed by atoms with E-state index in [0.717, 1.165) is 69.8 Å². The number of nitrogens with one attached hydrogen (secondary N) is 2. The van der Waals surface area contributed by atoms with Gasteiger partial charge in [0, 0.05) is 91.1 Å². The number of nitrogen functional groups attached to an aromatic ring is 1. The minimum atomic E-state index is -3.93. The van der Waals surface area contributed by atoms with Crippen molar-refractivity contribution < 1.29 is 22.8 Å². The van der Waals surface area contributed by atoms with Crippen LogP contribution in [0.1, 0.15) is 48.0 Å². The Morgan fingerprint density at radius 1 is 0.923 bits per heavy atom. The van der Waals surface area contributed by atoms with Crippen molar-refractivity contribution in [2.75, 3.05) is 89.3 Å². The van der Waals surface area contributed by atoms with E-state index in [9.17, 15) is 22.8 Å². The van der Waals surface area contributed by atoms with E-state index < -0.39 is 22.0 Å². The van der Waals surface area contributed by atoms with Gasteiger partial charge in [-0.3, -0.25) is 14.5 Å². The predicted octanol–water partition coefficient (Wildman–Crippen LogP) is 3.45. The molecule has 6 rings (SSSR count). The molecule has 4 aliphatic rings. The highest BCUT2D eigenvalue weighted by atomic mass is 79.9. The number of fused-ring (bicyclic) bond motifs is 1. The highest BCUT2D eigenvalue weighted by molar-refractivity contribution is 9.11. The quantitative estimate of drug-likeness (QED) is 0.228. The van der Waals surface area contributed by atoms with E-state index in [0.29, 0.717) is 65.3 Å². The smallest absolute Gasteiger partial charge is 0.322 e. The lowest BCUT2D eigenvalue weighted by molar-refractivity contribution is -0.134. The second-order valence-electron chi connectivity index (χ2n) is 14.5. The number of hydrogen-bond donors (Lipinski definition) is 3. The summed E-state index contributed by atoms with van der Waals surface area (Å²) in [6.45, 7) is 7.53. The number of urea groups is 1. The number of likely N-dealkylation sites (tertiary alicyclic amines) is 2. The summed E-state index contributed by atoms with van der Waals surface area (Å²) in [4.78, 5) is 51.4. The molecule has 13 nitrogen and oxygen atoms in total. The third-order valence-electron chi connectivity index (χ3n) is 11.1. The standard InChI is InChI=1S/C36H50Br2N8O5S/c1-42-16-18-44(19-17-42)27-7-11-43(12-8-27)20-21-52(50,51)41-32(24-33(47)26-22-29(37)34(39)30(38)23-26)35(48)45-13-9-28(10-14-45)46-15-6-25-4-2-3-5-31(25)40-36(46)49/h2-5,22-23,27-28,32,41H,6-21,24,39H2,1H3,(H,40,49). The van der Waals surface area contributed by atoms with Crippen molar-refractivity contribution in [3.8, 4) is 0 Å². The number of benzene rings is 2. The third-order valence-corrected chi connectivity index (χ3v) is 13.7. The number of halogens is 2. The Labute approximate surface area is 323 Å². The number of carbonyl (C=O) groups excluding carboxylic acids is 3. The number of anilines is 2. The fourth-order valence-corrected chi connectivity index (χ4v) is 10.2. The normalized spacial score (nSPS) is 21.0. The third kappa shape index (κ3) is 9.73. The minimum absolute atomic E-state index is 0.0694. The Kier molecular flexibility index (Phi) is 13.0. The molecule has 3 fully saturated rings. The number of amides is 3. The first-order valence-electron chi connectivity index (χ1n) is 18.2. The van der Waals surface area contributed by atoms with Crippen LogP contribution in [0.2, 0.25) is 0 Å². The highest BCUT2D eigenvalue weighted by Crippen LogP contribution is 2.31. The average molecular weight is 867 g/mol. The number of Topliss-reactive ketones (excluding diaryl/α,β-unsaturated/α-hetero) is 1. The SMILES string of the molecule is CN1CCN(C2CCN(CCS(=O)(=O)NC(CC(=O)c3cc(Br)c(N)c(Br)c3)C(=O)N3CCC(N4CCc5ccccc5NC4=O)CC3)CC2)CC1. The molecule has 3 amide bonds. The number of nitrogens with two attached hydrogens (primary N) is 1. The van der Waals surface area contributed by atoms with E-state index in [4.69, 9.17) is 5.73 Å². The van der Waals surface area contributed by atoms with Crippen LogP contribution in [0.3, 0.4) is 0 Å². The van der Waals surface area contributed by atoms with Gasteiger partial charge < -0.3 is 30.7 Å². The molecule has 0 bridgehead atoms. The van der Waals surface area contributed by atoms with E-state index in [2.05, 4.69) is 63.6 Å². The van der Waals surface area contributed by atoms with Gasteiger partial charge in [-0.1, -0.05) is 18.2 Å². The van der Waals surface area contributed by atoms with Crippen molar-refractivity contribution in [1.29, 1.82) is 0 Å². The Hall–Kier alpha value is -2.60. The Balaban J connectivity index is 1.08. The summed E-state index contributed by atoms with van der Waals surface area (Å²) < 4.78 is 30.9. The van der Waals surface area contributed by atoms with E-state index in [1.807, 2.05) is 29.2 Å². The van der Waals surface area contributed by atoms with Crippen molar-refractivity contribution in [2.24, 2.45) is 0 Å². The zero-order valence-electron chi connectivity index (χ0n) is 29.7. The molecule has 16 heteroatoms. The summed E-state index contributed by atoms with van der Waals surface area (Å²) in [5, 5.41) is 3.02. The van der Waals surface area contributed by atoms with E-state index >= 15 is 0 Å². The van der Waals surface area contributed by atoms with E-state index in [1.54, 1.807) is 17.0 Å². The number of para-hydroxylation sites is 1. The molecule has 4 heterocycles. The molecular formula is C36H50Br2N8O5S. The number of nitrogens with zero attached hydrogens (tertiary/aromatic N) is 5. The summed E-state index contributed by atoms with van der Waals surface area (Å²) in [6, 6.07) is 9.97. The summed E-state index contributed by atoms with van der Waals surface area (Å²) in [5.41, 5.74) is 8.68. The van der Waals surface area contributed by atoms with Crippen molar-refractivity contribution >= 4 is 71.0 Å². The van der Waals surface area contributed by atoms with Crippen molar-refractivity contribution in [3.05, 3.63) is 56.5 Å². The van der Waals surface area contributed by atoms with Crippen LogP contribution < -0.4 is 15.8 Å². The van der Waals surface area contributed by atoms with Gasteiger partial charge in [-0.25, -0.2) is 17.9 Å². The van der Waals surface area contributed by atoms with E-state index in [1.165, 1.54) is 0 Å². The second-order valence-corrected chi connectivity index (χ2v) is 18.1. The van der Waals surface area contributed by atoms with Gasteiger partial charge in [0.2, 0.25) is 15.9 Å². The molecule has 0 aliphatic carbocycles. The van der Waals surface area contributed by atoms with Gasteiger partial charge in [0.05, 0.1) is 11.4 Å². The van der Waals surface area contributed by atoms with Crippen molar-refractivity contribution in [2.45, 2.75) is 56.7 Å². The first kappa shape index (κ1) is 39.1. The molecule has 0 radical (unpaired) electrons. The molecule has 2 aromatic rings. The zero-order valence-corrected chi connectivity index (χ0v) is 33.7. The number of piperazine rings is 1. The van der Waals surface area contributed by atoms with Crippen LogP contribution in [0.25, 0.3) is 0 Å². The van der Waals surface area contributed by atoms with Crippen LogP contribution in [0, 0.1) is 0 Å². The Morgan fingerprint density at radius 2 is 1.56 bits per heavy atom. The molecular weight excluding hydrogens is 816 g/mol. The van der Waals surface area contributed by atoms with Crippen molar-refractivity contribution in [3.63, 3.8) is 0 Å². The second kappa shape index (κ2) is 17.2. The lowest BCUT2D eigenvalue weighted by atomic mass is 9.99. The first-order chi connectivity index (χ1) is 24.9. The molecule has 4 aliphatic heterocycles. The van der Waals surface area contributed by atoms with Crippen LogP contribution in [0.4, 0.5) is 16.2 Å². The van der Waals surface area contributed by atoms with Gasteiger partial charge in [0.15, 0.2) is 5.78 Å². The average Bonchev–Trinajstić information content (AvgIpc) is 3.30. The molecule has 2 aromatic carbocycles. The van der Waals surface area contributed by atoms with Gasteiger partial charge in [-0.15, -0.1) is 0 Å². The summed E-state index contributed by atoms with van der Waals surface area (Å²) >= 11 is 6.76. The van der Waals surface area contributed by atoms with Gasteiger partial charge in [-0.05, 0) is 108 Å². The number of piperidine rings is 2. The minimum Gasteiger partial charge on any atom is -0.397 e. The van der Waals surface area contributed by atoms with Crippen molar-refractivity contribution in [1.82, 2.24) is 29.2 Å². The fraction of sp³-hybridized carbons (Fsp3) is 0.583. The maximum Gasteiger partial charge on any atom is 0.322 e. The molecule has 0 spiro atoms. The molecule has 52 heavy (non-hydrogen) atoms. The number of rotatable bonds is 11. The molecule has 3 saturated heterocycles. The number of sulfonamides is 1. The fourth-order valence-electron chi connectivity index (χ4n) is 7.80. The molecule has 0 saturated carbocycles. The molecule has 0 aromatic heterocycles. The Bertz CT molecular complexity index is 1700. The summed E-state index contributed by atoms with van der Waals surface area (Å²) in [6.07, 6.45) is 3.48. The monoisotopic (exact) mass is 864 g/mol. The van der Waals surface area contributed by atoms with Gasteiger partial charge in [0.1, 0.15) is 6.04 Å². The molecule has 284 valence electrons. The van der Waals surface area contributed by atoms with Crippen LogP contribution >= 0.6 is 31.9 Å².